The van der Waals surface area contributed by atoms with E-state index in [9.17, 15) is 9.59 Å². The third kappa shape index (κ3) is 3.81. The van der Waals surface area contributed by atoms with Crippen LogP contribution < -0.4 is 4.87 Å². The molecule has 0 unspecified atom stereocenters. The number of nitrogens with zero attached hydrogens (tertiary/aromatic N) is 3. The topological polar surface area (TPSA) is 55.2 Å². The fourth-order valence-corrected chi connectivity index (χ4v) is 2.04. The molecular weight excluding hydrogens is 238 g/mol. The normalized spacial score (nSPS) is 10.3. The third-order valence-corrected chi connectivity index (χ3v) is 2.95. The number of hydrogen-bond acceptors (Lipinski definition) is 4. The number of carbonyl (C=O) groups is 1. The first-order valence-corrected chi connectivity index (χ1v) is 6.22. The van der Waals surface area contributed by atoms with Gasteiger partial charge in [0.1, 0.15) is 11.6 Å². The van der Waals surface area contributed by atoms with Gasteiger partial charge in [0.2, 0.25) is 5.91 Å². The lowest BCUT2D eigenvalue weighted by molar-refractivity contribution is -0.131. The van der Waals surface area contributed by atoms with Crippen LogP contribution in [-0.2, 0) is 11.3 Å². The second-order valence-electron chi connectivity index (χ2n) is 3.91. The molecular formula is C11H17N3O2S. The van der Waals surface area contributed by atoms with Crippen LogP contribution in [0.3, 0.4) is 0 Å². The molecule has 0 N–H and O–H groups in total. The predicted octanol–water partition coefficient (Wildman–Crippen LogP) is 1.04. The molecule has 0 saturated heterocycles. The first-order valence-electron chi connectivity index (χ1n) is 5.40. The zero-order valence-corrected chi connectivity index (χ0v) is 11.2. The quantitative estimate of drug-likeness (QED) is 0.739. The molecule has 0 saturated carbocycles. The van der Waals surface area contributed by atoms with Crippen molar-refractivity contribution in [1.82, 2.24) is 14.7 Å². The summed E-state index contributed by atoms with van der Waals surface area (Å²) in [5.74, 6) is -0.108. The van der Waals surface area contributed by atoms with Crippen LogP contribution in [0.15, 0.2) is 16.9 Å². The van der Waals surface area contributed by atoms with Gasteiger partial charge >= 0.3 is 4.87 Å². The van der Waals surface area contributed by atoms with E-state index in [1.54, 1.807) is 11.8 Å². The SMILES string of the molecule is C=C(C)CN(CC)C(=O)Cn1nc(C)sc1=O. The third-order valence-electron chi connectivity index (χ3n) is 2.19. The zero-order chi connectivity index (χ0) is 13.0. The summed E-state index contributed by atoms with van der Waals surface area (Å²) in [6.07, 6.45) is 0. The Kier molecular flexibility index (Phi) is 4.62. The van der Waals surface area contributed by atoms with Crippen molar-refractivity contribution < 1.29 is 4.79 Å². The molecule has 1 amide bonds. The standard InChI is InChI=1S/C11H17N3O2S/c1-5-13(6-8(2)3)10(15)7-14-11(16)17-9(4)12-14/h2,5-7H2,1,3-4H3. The first kappa shape index (κ1) is 13.6. The lowest BCUT2D eigenvalue weighted by Gasteiger charge is -2.20. The molecule has 17 heavy (non-hydrogen) atoms. The van der Waals surface area contributed by atoms with E-state index >= 15 is 0 Å². The van der Waals surface area contributed by atoms with Gasteiger partial charge in [-0.1, -0.05) is 23.5 Å². The molecule has 0 fully saturated rings. The number of aromatic nitrogens is 2. The zero-order valence-electron chi connectivity index (χ0n) is 10.4. The van der Waals surface area contributed by atoms with Crippen LogP contribution in [0.4, 0.5) is 0 Å². The Morgan fingerprint density at radius 2 is 2.24 bits per heavy atom. The van der Waals surface area contributed by atoms with Crippen molar-refractivity contribution in [3.63, 3.8) is 0 Å². The Hall–Kier alpha value is -1.43. The molecule has 94 valence electrons. The van der Waals surface area contributed by atoms with Crippen molar-refractivity contribution in [2.24, 2.45) is 0 Å². The molecule has 1 aromatic heterocycles. The van der Waals surface area contributed by atoms with Crippen LogP contribution in [0.25, 0.3) is 0 Å². The van der Waals surface area contributed by atoms with Crippen molar-refractivity contribution in [3.8, 4) is 0 Å². The molecule has 6 heteroatoms. The summed E-state index contributed by atoms with van der Waals surface area (Å²) in [5, 5.41) is 4.67. The van der Waals surface area contributed by atoms with E-state index in [1.807, 2.05) is 13.8 Å². The van der Waals surface area contributed by atoms with Crippen molar-refractivity contribution >= 4 is 17.2 Å². The summed E-state index contributed by atoms with van der Waals surface area (Å²) in [7, 11) is 0. The van der Waals surface area contributed by atoms with Crippen molar-refractivity contribution in [1.29, 1.82) is 0 Å². The number of rotatable bonds is 5. The maximum absolute atomic E-state index is 11.9. The fourth-order valence-electron chi connectivity index (χ4n) is 1.44. The molecule has 0 aliphatic heterocycles. The van der Waals surface area contributed by atoms with Crippen LogP contribution in [0, 0.1) is 6.92 Å². The molecule has 0 radical (unpaired) electrons. The van der Waals surface area contributed by atoms with E-state index in [-0.39, 0.29) is 17.3 Å². The molecule has 0 aliphatic rings. The van der Waals surface area contributed by atoms with Crippen LogP contribution in [0.5, 0.6) is 0 Å². The van der Waals surface area contributed by atoms with Crippen molar-refractivity contribution in [2.45, 2.75) is 27.3 Å². The summed E-state index contributed by atoms with van der Waals surface area (Å²) in [6.45, 7) is 10.4. The van der Waals surface area contributed by atoms with Gasteiger partial charge in [0.25, 0.3) is 0 Å². The maximum atomic E-state index is 11.9. The van der Waals surface area contributed by atoms with E-state index in [0.717, 1.165) is 16.9 Å². The van der Waals surface area contributed by atoms with Crippen molar-refractivity contribution in [2.75, 3.05) is 13.1 Å². The Bertz CT molecular complexity index is 475. The molecule has 0 atom stereocenters. The highest BCUT2D eigenvalue weighted by atomic mass is 32.1. The van der Waals surface area contributed by atoms with Gasteiger partial charge in [-0.15, -0.1) is 0 Å². The maximum Gasteiger partial charge on any atom is 0.325 e. The van der Waals surface area contributed by atoms with Gasteiger partial charge in [0.15, 0.2) is 0 Å². The first-order chi connectivity index (χ1) is 7.93. The minimum atomic E-state index is -0.192. The van der Waals surface area contributed by atoms with Crippen LogP contribution in [0.1, 0.15) is 18.9 Å². The van der Waals surface area contributed by atoms with E-state index < -0.39 is 0 Å². The lowest BCUT2D eigenvalue weighted by atomic mass is 10.3. The second kappa shape index (κ2) is 5.77. The van der Waals surface area contributed by atoms with Gasteiger partial charge in [-0.3, -0.25) is 9.59 Å². The highest BCUT2D eigenvalue weighted by molar-refractivity contribution is 7.08. The minimum Gasteiger partial charge on any atom is -0.337 e. The molecule has 1 aromatic rings. The molecule has 0 aliphatic carbocycles. The lowest BCUT2D eigenvalue weighted by Crippen LogP contribution is -2.36. The number of likely N-dealkylation sites (N-methyl/N-ethyl adjacent to an activating group) is 1. The van der Waals surface area contributed by atoms with Crippen LogP contribution in [0.2, 0.25) is 0 Å². The summed E-state index contributed by atoms with van der Waals surface area (Å²) >= 11 is 1.05. The Morgan fingerprint density at radius 1 is 1.59 bits per heavy atom. The molecule has 1 rings (SSSR count). The van der Waals surface area contributed by atoms with Crippen LogP contribution >= 0.6 is 11.3 Å². The smallest absolute Gasteiger partial charge is 0.325 e. The average Bonchev–Trinajstić information content (AvgIpc) is 2.53. The van der Waals surface area contributed by atoms with E-state index in [0.29, 0.717) is 18.1 Å². The number of amides is 1. The number of hydrogen-bond donors (Lipinski definition) is 0. The van der Waals surface area contributed by atoms with Gasteiger partial charge in [0.05, 0.1) is 0 Å². The van der Waals surface area contributed by atoms with E-state index in [1.165, 1.54) is 4.68 Å². The summed E-state index contributed by atoms with van der Waals surface area (Å²) < 4.78 is 1.21. The van der Waals surface area contributed by atoms with Gasteiger partial charge in [-0.2, -0.15) is 5.10 Å². The summed E-state index contributed by atoms with van der Waals surface area (Å²) in [4.78, 5) is 24.8. The highest BCUT2D eigenvalue weighted by Gasteiger charge is 2.14. The average molecular weight is 255 g/mol. The largest absolute Gasteiger partial charge is 0.337 e. The molecule has 0 spiro atoms. The summed E-state index contributed by atoms with van der Waals surface area (Å²) in [5.41, 5.74) is 0.919. The van der Waals surface area contributed by atoms with Gasteiger partial charge in [-0.05, 0) is 20.8 Å². The van der Waals surface area contributed by atoms with E-state index in [4.69, 9.17) is 0 Å². The number of carbonyl (C=O) groups excluding carboxylic acids is 1. The van der Waals surface area contributed by atoms with E-state index in [2.05, 4.69) is 11.7 Å². The Balaban J connectivity index is 2.73. The molecule has 0 aromatic carbocycles. The van der Waals surface area contributed by atoms with Crippen molar-refractivity contribution in [3.05, 3.63) is 26.8 Å². The monoisotopic (exact) mass is 255 g/mol. The van der Waals surface area contributed by atoms with Gasteiger partial charge < -0.3 is 4.90 Å². The van der Waals surface area contributed by atoms with Crippen LogP contribution in [-0.4, -0.2) is 33.7 Å². The second-order valence-corrected chi connectivity index (χ2v) is 5.05. The fraction of sp³-hybridized carbons (Fsp3) is 0.545. The predicted molar refractivity (Wildman–Crippen MR) is 68.2 cm³/mol. The van der Waals surface area contributed by atoms with Gasteiger partial charge in [0, 0.05) is 13.1 Å². The Labute approximate surface area is 104 Å². The molecule has 0 bridgehead atoms. The Morgan fingerprint density at radius 3 is 2.65 bits per heavy atom. The minimum absolute atomic E-state index is 0.00426. The molecule has 1 heterocycles. The number of aryl methyl sites for hydroxylation is 1. The highest BCUT2D eigenvalue weighted by Crippen LogP contribution is 2.00. The van der Waals surface area contributed by atoms with Gasteiger partial charge in [-0.25, -0.2) is 4.68 Å². The summed E-state index contributed by atoms with van der Waals surface area (Å²) in [6, 6.07) is 0. The molecule has 5 nitrogen and oxygen atoms in total.